The highest BCUT2D eigenvalue weighted by Gasteiger charge is 2.04. The first-order valence-corrected chi connectivity index (χ1v) is 7.50. The molecule has 108 valence electrons. The first-order chi connectivity index (χ1) is 10.1. The van der Waals surface area contributed by atoms with E-state index in [1.807, 2.05) is 43.5 Å². The fourth-order valence-corrected chi connectivity index (χ4v) is 2.11. The minimum Gasteiger partial charge on any atom is -0.478 e. The first kappa shape index (κ1) is 15.1. The van der Waals surface area contributed by atoms with Crippen LogP contribution in [0.3, 0.4) is 0 Å². The van der Waals surface area contributed by atoms with E-state index in [2.05, 4.69) is 4.98 Å². The van der Waals surface area contributed by atoms with Gasteiger partial charge in [0.05, 0.1) is 0 Å². The highest BCUT2D eigenvalue weighted by Crippen LogP contribution is 2.25. The van der Waals surface area contributed by atoms with Crippen LogP contribution in [0, 0.1) is 6.92 Å². The molecule has 2 aromatic rings. The molecule has 0 aliphatic rings. The SMILES string of the molecule is CSc1ccc(Oc2ncc(/C=C/C(=O)O)cc2C)cc1. The Morgan fingerprint density at radius 3 is 2.62 bits per heavy atom. The lowest BCUT2D eigenvalue weighted by Crippen LogP contribution is -1.92. The van der Waals surface area contributed by atoms with Gasteiger partial charge in [-0.3, -0.25) is 0 Å². The fraction of sp³-hybridized carbons (Fsp3) is 0.125. The van der Waals surface area contributed by atoms with Crippen molar-refractivity contribution in [3.63, 3.8) is 0 Å². The average molecular weight is 301 g/mol. The molecule has 0 saturated carbocycles. The van der Waals surface area contributed by atoms with Gasteiger partial charge in [0.2, 0.25) is 5.88 Å². The van der Waals surface area contributed by atoms with Gasteiger partial charge in [-0.2, -0.15) is 0 Å². The summed E-state index contributed by atoms with van der Waals surface area (Å²) in [5, 5.41) is 8.60. The zero-order valence-corrected chi connectivity index (χ0v) is 12.6. The van der Waals surface area contributed by atoms with Crippen molar-refractivity contribution in [2.75, 3.05) is 6.26 Å². The van der Waals surface area contributed by atoms with Gasteiger partial charge >= 0.3 is 5.97 Å². The van der Waals surface area contributed by atoms with Gasteiger partial charge in [0.1, 0.15) is 5.75 Å². The zero-order valence-electron chi connectivity index (χ0n) is 11.7. The van der Waals surface area contributed by atoms with E-state index in [9.17, 15) is 4.79 Å². The van der Waals surface area contributed by atoms with E-state index in [4.69, 9.17) is 9.84 Å². The van der Waals surface area contributed by atoms with Crippen molar-refractivity contribution in [2.24, 2.45) is 0 Å². The third-order valence-electron chi connectivity index (χ3n) is 2.74. The molecular formula is C16H15NO3S. The molecule has 0 spiro atoms. The zero-order chi connectivity index (χ0) is 15.2. The lowest BCUT2D eigenvalue weighted by molar-refractivity contribution is -0.131. The predicted octanol–water partition coefficient (Wildman–Crippen LogP) is 4.00. The van der Waals surface area contributed by atoms with Gasteiger partial charge in [-0.05, 0) is 55.2 Å². The van der Waals surface area contributed by atoms with Crippen molar-refractivity contribution < 1.29 is 14.6 Å². The molecule has 0 amide bonds. The Labute approximate surface area is 127 Å². The molecule has 0 bridgehead atoms. The van der Waals surface area contributed by atoms with Crippen LogP contribution in [0.15, 0.2) is 47.5 Å². The lowest BCUT2D eigenvalue weighted by atomic mass is 10.2. The number of nitrogens with zero attached hydrogens (tertiary/aromatic N) is 1. The Bertz CT molecular complexity index is 666. The van der Waals surface area contributed by atoms with E-state index in [0.717, 1.165) is 23.0 Å². The maximum atomic E-state index is 10.5. The highest BCUT2D eigenvalue weighted by molar-refractivity contribution is 7.98. The molecule has 21 heavy (non-hydrogen) atoms. The van der Waals surface area contributed by atoms with Gasteiger partial charge in [0.25, 0.3) is 0 Å². The summed E-state index contributed by atoms with van der Waals surface area (Å²) in [6, 6.07) is 9.59. The number of ether oxygens (including phenoxy) is 1. The van der Waals surface area contributed by atoms with Crippen LogP contribution < -0.4 is 4.74 Å². The van der Waals surface area contributed by atoms with E-state index >= 15 is 0 Å². The quantitative estimate of drug-likeness (QED) is 0.668. The molecule has 1 N–H and O–H groups in total. The van der Waals surface area contributed by atoms with Gasteiger partial charge in [0, 0.05) is 22.7 Å². The molecule has 1 aromatic carbocycles. The molecule has 0 aliphatic carbocycles. The minimum atomic E-state index is -0.984. The molecule has 0 saturated heterocycles. The Morgan fingerprint density at radius 2 is 2.05 bits per heavy atom. The Morgan fingerprint density at radius 1 is 1.33 bits per heavy atom. The smallest absolute Gasteiger partial charge is 0.328 e. The van der Waals surface area contributed by atoms with Crippen molar-refractivity contribution in [1.82, 2.24) is 4.98 Å². The Balaban J connectivity index is 2.14. The first-order valence-electron chi connectivity index (χ1n) is 6.28. The second-order valence-electron chi connectivity index (χ2n) is 4.34. The van der Waals surface area contributed by atoms with Crippen LogP contribution in [0.25, 0.3) is 6.08 Å². The number of benzene rings is 1. The predicted molar refractivity (Wildman–Crippen MR) is 83.9 cm³/mol. The summed E-state index contributed by atoms with van der Waals surface area (Å²) in [4.78, 5) is 15.9. The van der Waals surface area contributed by atoms with Gasteiger partial charge in [-0.15, -0.1) is 11.8 Å². The summed E-state index contributed by atoms with van der Waals surface area (Å²) < 4.78 is 5.73. The maximum Gasteiger partial charge on any atom is 0.328 e. The minimum absolute atomic E-state index is 0.513. The molecule has 4 nitrogen and oxygen atoms in total. The number of aryl methyl sites for hydroxylation is 1. The van der Waals surface area contributed by atoms with Gasteiger partial charge in [-0.1, -0.05) is 0 Å². The number of carboxylic acids is 1. The highest BCUT2D eigenvalue weighted by atomic mass is 32.2. The second-order valence-corrected chi connectivity index (χ2v) is 5.22. The Hall–Kier alpha value is -2.27. The molecule has 0 atom stereocenters. The van der Waals surface area contributed by atoms with Gasteiger partial charge in [-0.25, -0.2) is 9.78 Å². The number of rotatable bonds is 5. The summed E-state index contributed by atoms with van der Waals surface area (Å²) in [6.45, 7) is 1.87. The van der Waals surface area contributed by atoms with Crippen LogP contribution in [0.4, 0.5) is 0 Å². The van der Waals surface area contributed by atoms with Crippen LogP contribution in [0.2, 0.25) is 0 Å². The fourth-order valence-electron chi connectivity index (χ4n) is 1.70. The largest absolute Gasteiger partial charge is 0.478 e. The molecule has 1 heterocycles. The number of hydrogen-bond acceptors (Lipinski definition) is 4. The van der Waals surface area contributed by atoms with Crippen LogP contribution in [-0.4, -0.2) is 22.3 Å². The summed E-state index contributed by atoms with van der Waals surface area (Å²) >= 11 is 1.67. The number of carboxylic acid groups (broad SMARTS) is 1. The van der Waals surface area contributed by atoms with Crippen LogP contribution in [-0.2, 0) is 4.79 Å². The van der Waals surface area contributed by atoms with E-state index < -0.39 is 5.97 Å². The van der Waals surface area contributed by atoms with Crippen molar-refractivity contribution in [1.29, 1.82) is 0 Å². The normalized spacial score (nSPS) is 10.8. The summed E-state index contributed by atoms with van der Waals surface area (Å²) in [5.41, 5.74) is 1.57. The molecule has 2 rings (SSSR count). The molecular weight excluding hydrogens is 286 g/mol. The number of hydrogen-bond donors (Lipinski definition) is 1. The van der Waals surface area contributed by atoms with E-state index in [1.54, 1.807) is 18.0 Å². The average Bonchev–Trinajstić information content (AvgIpc) is 2.48. The number of aromatic nitrogens is 1. The Kier molecular flexibility index (Phi) is 5.00. The molecule has 0 unspecified atom stereocenters. The van der Waals surface area contributed by atoms with Crippen LogP contribution >= 0.6 is 11.8 Å². The number of pyridine rings is 1. The van der Waals surface area contributed by atoms with Crippen LogP contribution in [0.5, 0.6) is 11.6 Å². The van der Waals surface area contributed by atoms with E-state index in [-0.39, 0.29) is 0 Å². The number of aliphatic carboxylic acids is 1. The molecule has 0 fully saturated rings. The summed E-state index contributed by atoms with van der Waals surface area (Å²) in [7, 11) is 0. The standard InChI is InChI=1S/C16H15NO3S/c1-11-9-12(3-8-15(18)19)10-17-16(11)20-13-4-6-14(21-2)7-5-13/h3-10H,1-2H3,(H,18,19)/b8-3+. The lowest BCUT2D eigenvalue weighted by Gasteiger charge is -2.08. The van der Waals surface area contributed by atoms with Crippen molar-refractivity contribution in [3.05, 3.63) is 53.7 Å². The number of carbonyl (C=O) groups is 1. The van der Waals surface area contributed by atoms with Gasteiger partial charge in [0.15, 0.2) is 0 Å². The van der Waals surface area contributed by atoms with E-state index in [1.165, 1.54) is 11.0 Å². The monoisotopic (exact) mass is 301 g/mol. The van der Waals surface area contributed by atoms with Crippen molar-refractivity contribution in [2.45, 2.75) is 11.8 Å². The van der Waals surface area contributed by atoms with E-state index in [0.29, 0.717) is 5.88 Å². The second kappa shape index (κ2) is 6.95. The van der Waals surface area contributed by atoms with Crippen molar-refractivity contribution in [3.8, 4) is 11.6 Å². The summed E-state index contributed by atoms with van der Waals surface area (Å²) in [6.07, 6.45) is 6.18. The number of thioether (sulfide) groups is 1. The molecule has 1 aromatic heterocycles. The topological polar surface area (TPSA) is 59.4 Å². The van der Waals surface area contributed by atoms with Crippen LogP contribution in [0.1, 0.15) is 11.1 Å². The van der Waals surface area contributed by atoms with Crippen molar-refractivity contribution >= 4 is 23.8 Å². The maximum absolute atomic E-state index is 10.5. The summed E-state index contributed by atoms with van der Waals surface area (Å²) in [5.74, 6) is 0.249. The molecule has 0 aliphatic heterocycles. The third kappa shape index (κ3) is 4.36. The van der Waals surface area contributed by atoms with Gasteiger partial charge < -0.3 is 9.84 Å². The molecule has 0 radical (unpaired) electrons. The third-order valence-corrected chi connectivity index (χ3v) is 3.49. The molecule has 5 heteroatoms.